The number of esters is 1. The Morgan fingerprint density at radius 3 is 2.52 bits per heavy atom. The maximum Gasteiger partial charge on any atom is 0.321 e. The molecule has 0 bridgehead atoms. The molecule has 0 aromatic heterocycles. The number of nitrogens with one attached hydrogen (secondary N) is 2. The fraction of sp³-hybridized carbons (Fsp3) is 0.500. The quantitative estimate of drug-likeness (QED) is 0.737. The minimum absolute atomic E-state index is 0.0147. The molecule has 0 heterocycles. The third-order valence-corrected chi connectivity index (χ3v) is 3.92. The first-order valence-electron chi connectivity index (χ1n) is 8.53. The van der Waals surface area contributed by atoms with Crippen LogP contribution in [0, 0.1) is 0 Å². The second-order valence-corrected chi connectivity index (χ2v) is 5.99. The van der Waals surface area contributed by atoms with Crippen LogP contribution in [0.5, 0.6) is 5.75 Å². The highest BCUT2D eigenvalue weighted by Crippen LogP contribution is 2.17. The monoisotopic (exact) mass is 348 g/mol. The number of para-hydroxylation sites is 1. The number of ether oxygens (including phenoxy) is 2. The van der Waals surface area contributed by atoms with Gasteiger partial charge < -0.3 is 14.8 Å². The molecule has 0 spiro atoms. The molecule has 0 saturated heterocycles. The number of rotatable bonds is 7. The van der Waals surface area contributed by atoms with E-state index in [0.29, 0.717) is 5.75 Å². The predicted octanol–water partition coefficient (Wildman–Crippen LogP) is 2.16. The van der Waals surface area contributed by atoms with Crippen LogP contribution in [0.25, 0.3) is 0 Å². The zero-order chi connectivity index (χ0) is 18.1. The standard InChI is InChI=1S/C18H24N2O5/c1-13(17(22)20-18(23)19-14-7-5-6-8-14)25-16(21)11-12-24-15-9-3-2-4-10-15/h2-4,9-10,13-14H,5-8,11-12H2,1H3,(H2,19,20,22,23). The van der Waals surface area contributed by atoms with Crippen molar-refractivity contribution < 1.29 is 23.9 Å². The first-order valence-corrected chi connectivity index (χ1v) is 8.53. The van der Waals surface area contributed by atoms with Crippen LogP contribution >= 0.6 is 0 Å². The van der Waals surface area contributed by atoms with Crippen LogP contribution in [0.2, 0.25) is 0 Å². The first kappa shape index (κ1) is 18.8. The zero-order valence-electron chi connectivity index (χ0n) is 14.3. The van der Waals surface area contributed by atoms with Gasteiger partial charge in [0.15, 0.2) is 6.10 Å². The van der Waals surface area contributed by atoms with Gasteiger partial charge in [0.1, 0.15) is 5.75 Å². The van der Waals surface area contributed by atoms with Crippen LogP contribution in [-0.4, -0.2) is 36.7 Å². The lowest BCUT2D eigenvalue weighted by Crippen LogP contribution is -2.47. The highest BCUT2D eigenvalue weighted by atomic mass is 16.5. The summed E-state index contributed by atoms with van der Waals surface area (Å²) in [6.45, 7) is 1.58. The zero-order valence-corrected chi connectivity index (χ0v) is 14.3. The Kier molecular flexibility index (Phi) is 7.25. The fourth-order valence-corrected chi connectivity index (χ4v) is 2.58. The molecule has 136 valence electrons. The van der Waals surface area contributed by atoms with Gasteiger partial charge in [-0.25, -0.2) is 4.79 Å². The molecule has 0 aliphatic heterocycles. The van der Waals surface area contributed by atoms with E-state index in [0.717, 1.165) is 25.7 Å². The van der Waals surface area contributed by atoms with E-state index in [1.807, 2.05) is 18.2 Å². The molecule has 2 rings (SSSR count). The van der Waals surface area contributed by atoms with E-state index in [2.05, 4.69) is 10.6 Å². The maximum atomic E-state index is 11.9. The molecule has 0 radical (unpaired) electrons. The summed E-state index contributed by atoms with van der Waals surface area (Å²) in [5, 5.41) is 4.94. The van der Waals surface area contributed by atoms with Crippen molar-refractivity contribution in [3.05, 3.63) is 30.3 Å². The molecule has 1 aliphatic rings. The van der Waals surface area contributed by atoms with Gasteiger partial charge in [0.2, 0.25) is 0 Å². The number of hydrogen-bond donors (Lipinski definition) is 2. The van der Waals surface area contributed by atoms with Crippen molar-refractivity contribution in [1.82, 2.24) is 10.6 Å². The summed E-state index contributed by atoms with van der Waals surface area (Å²) < 4.78 is 10.4. The second kappa shape index (κ2) is 9.66. The molecule has 3 amide bonds. The van der Waals surface area contributed by atoms with Crippen LogP contribution in [0.3, 0.4) is 0 Å². The number of hydrogen-bond acceptors (Lipinski definition) is 5. The topological polar surface area (TPSA) is 93.7 Å². The van der Waals surface area contributed by atoms with Gasteiger partial charge in [-0.05, 0) is 31.9 Å². The molecule has 7 nitrogen and oxygen atoms in total. The Bertz CT molecular complexity index is 584. The van der Waals surface area contributed by atoms with E-state index >= 15 is 0 Å². The minimum atomic E-state index is -1.04. The number of carbonyl (C=O) groups is 3. The lowest BCUT2D eigenvalue weighted by Gasteiger charge is -2.15. The summed E-state index contributed by atoms with van der Waals surface area (Å²) in [7, 11) is 0. The summed E-state index contributed by atoms with van der Waals surface area (Å²) in [5.41, 5.74) is 0. The van der Waals surface area contributed by atoms with Crippen molar-refractivity contribution in [3.63, 3.8) is 0 Å². The van der Waals surface area contributed by atoms with Crippen molar-refractivity contribution in [2.45, 2.75) is 51.2 Å². The Balaban J connectivity index is 1.63. The molecular formula is C18H24N2O5. The van der Waals surface area contributed by atoms with Crippen LogP contribution < -0.4 is 15.4 Å². The number of carbonyl (C=O) groups excluding carboxylic acids is 3. The average Bonchev–Trinajstić information content (AvgIpc) is 3.08. The fourth-order valence-electron chi connectivity index (χ4n) is 2.58. The lowest BCUT2D eigenvalue weighted by atomic mass is 10.2. The maximum absolute atomic E-state index is 11.9. The van der Waals surface area contributed by atoms with Gasteiger partial charge in [-0.2, -0.15) is 0 Å². The van der Waals surface area contributed by atoms with Gasteiger partial charge in [0.05, 0.1) is 13.0 Å². The SMILES string of the molecule is CC(OC(=O)CCOc1ccccc1)C(=O)NC(=O)NC1CCCC1. The molecule has 1 aliphatic carbocycles. The van der Waals surface area contributed by atoms with Crippen molar-refractivity contribution in [2.75, 3.05) is 6.61 Å². The van der Waals surface area contributed by atoms with Gasteiger partial charge in [-0.15, -0.1) is 0 Å². The number of benzene rings is 1. The summed E-state index contributed by atoms with van der Waals surface area (Å²) in [4.78, 5) is 35.3. The second-order valence-electron chi connectivity index (χ2n) is 5.99. The Labute approximate surface area is 147 Å². The van der Waals surface area contributed by atoms with Gasteiger partial charge in [-0.1, -0.05) is 31.0 Å². The summed E-state index contributed by atoms with van der Waals surface area (Å²) in [6.07, 6.45) is 2.98. The highest BCUT2D eigenvalue weighted by molar-refractivity contribution is 5.97. The molecule has 2 N–H and O–H groups in total. The highest BCUT2D eigenvalue weighted by Gasteiger charge is 2.22. The number of amides is 3. The van der Waals surface area contributed by atoms with Crippen molar-refractivity contribution in [3.8, 4) is 5.75 Å². The molecule has 1 fully saturated rings. The van der Waals surface area contributed by atoms with E-state index < -0.39 is 24.0 Å². The van der Waals surface area contributed by atoms with Crippen molar-refractivity contribution in [1.29, 1.82) is 0 Å². The third kappa shape index (κ3) is 6.82. The van der Waals surface area contributed by atoms with Crippen molar-refractivity contribution >= 4 is 17.9 Å². The van der Waals surface area contributed by atoms with Gasteiger partial charge >= 0.3 is 12.0 Å². The smallest absolute Gasteiger partial charge is 0.321 e. The normalized spacial score (nSPS) is 15.2. The minimum Gasteiger partial charge on any atom is -0.493 e. The van der Waals surface area contributed by atoms with Crippen LogP contribution in [0.15, 0.2) is 30.3 Å². The Hall–Kier alpha value is -2.57. The van der Waals surface area contributed by atoms with E-state index in [1.54, 1.807) is 12.1 Å². The third-order valence-electron chi connectivity index (χ3n) is 3.92. The van der Waals surface area contributed by atoms with E-state index in [-0.39, 0.29) is 19.1 Å². The average molecular weight is 348 g/mol. The number of imide groups is 1. The Morgan fingerprint density at radius 1 is 1.16 bits per heavy atom. The number of urea groups is 1. The molecule has 25 heavy (non-hydrogen) atoms. The summed E-state index contributed by atoms with van der Waals surface area (Å²) in [5.74, 6) is -0.549. The molecule has 1 atom stereocenters. The van der Waals surface area contributed by atoms with E-state index in [9.17, 15) is 14.4 Å². The first-order chi connectivity index (χ1) is 12.0. The molecular weight excluding hydrogens is 324 g/mol. The van der Waals surface area contributed by atoms with E-state index in [1.165, 1.54) is 6.92 Å². The molecule has 1 aromatic carbocycles. The van der Waals surface area contributed by atoms with E-state index in [4.69, 9.17) is 9.47 Å². The summed E-state index contributed by atoms with van der Waals surface area (Å²) >= 11 is 0. The largest absolute Gasteiger partial charge is 0.493 e. The van der Waals surface area contributed by atoms with Crippen molar-refractivity contribution in [2.24, 2.45) is 0 Å². The van der Waals surface area contributed by atoms with Gasteiger partial charge in [0.25, 0.3) is 5.91 Å². The van der Waals surface area contributed by atoms with Crippen LogP contribution in [-0.2, 0) is 14.3 Å². The van der Waals surface area contributed by atoms with Crippen LogP contribution in [0.1, 0.15) is 39.0 Å². The lowest BCUT2D eigenvalue weighted by molar-refractivity contribution is -0.154. The predicted molar refractivity (Wildman–Crippen MR) is 91.0 cm³/mol. The summed E-state index contributed by atoms with van der Waals surface area (Å²) in [6, 6.07) is 8.65. The molecule has 7 heteroatoms. The van der Waals surface area contributed by atoms with Gasteiger partial charge in [-0.3, -0.25) is 14.9 Å². The molecule has 1 saturated carbocycles. The van der Waals surface area contributed by atoms with Crippen LogP contribution in [0.4, 0.5) is 4.79 Å². The molecule has 1 aromatic rings. The van der Waals surface area contributed by atoms with Gasteiger partial charge in [0, 0.05) is 6.04 Å². The molecule has 1 unspecified atom stereocenters. The Morgan fingerprint density at radius 2 is 1.84 bits per heavy atom.